The Balaban J connectivity index is 1.67. The van der Waals surface area contributed by atoms with Gasteiger partial charge in [0.05, 0.1) is 11.3 Å². The number of alkyl halides is 1. The molecule has 0 radical (unpaired) electrons. The van der Waals surface area contributed by atoms with Crippen LogP contribution in [0.1, 0.15) is 17.2 Å². The van der Waals surface area contributed by atoms with E-state index in [1.54, 1.807) is 11.8 Å². The average Bonchev–Trinajstić information content (AvgIpc) is 2.97. The van der Waals surface area contributed by atoms with Gasteiger partial charge in [-0.2, -0.15) is 0 Å². The van der Waals surface area contributed by atoms with Crippen molar-refractivity contribution in [2.75, 3.05) is 5.88 Å². The molecule has 3 rings (SSSR count). The Bertz CT molecular complexity index is 607. The maximum Gasteiger partial charge on any atom is 0.234 e. The van der Waals surface area contributed by atoms with Crippen molar-refractivity contribution in [1.29, 1.82) is 0 Å². The van der Waals surface area contributed by atoms with Crippen molar-refractivity contribution in [3.63, 3.8) is 0 Å². The summed E-state index contributed by atoms with van der Waals surface area (Å²) in [5, 5.41) is 3.01. The van der Waals surface area contributed by atoms with Crippen molar-refractivity contribution in [3.05, 3.63) is 65.7 Å². The van der Waals surface area contributed by atoms with Crippen LogP contribution in [0.3, 0.4) is 0 Å². The van der Waals surface area contributed by atoms with Crippen LogP contribution in [0.25, 0.3) is 0 Å². The first-order valence-corrected chi connectivity index (χ1v) is 8.35. The summed E-state index contributed by atoms with van der Waals surface area (Å²) in [6.45, 7) is 0. The summed E-state index contributed by atoms with van der Waals surface area (Å²) in [4.78, 5) is 13.7. The monoisotopic (exact) mass is 317 g/mol. The number of amides is 1. The maximum atomic E-state index is 12.5. The van der Waals surface area contributed by atoms with E-state index in [1.807, 2.05) is 42.5 Å². The molecule has 1 N–H and O–H groups in total. The Morgan fingerprint density at radius 1 is 1.19 bits per heavy atom. The number of carbonyl (C=O) groups excluding carboxylic acids is 1. The van der Waals surface area contributed by atoms with Gasteiger partial charge in [-0.15, -0.1) is 23.4 Å². The SMILES string of the molecule is O=C(NC(CCl)c1ccccc1)C1Cc2ccccc2S1. The van der Waals surface area contributed by atoms with Gasteiger partial charge in [-0.25, -0.2) is 0 Å². The number of hydrogen-bond acceptors (Lipinski definition) is 2. The molecule has 1 aliphatic rings. The number of rotatable bonds is 4. The molecule has 2 atom stereocenters. The number of halogens is 1. The van der Waals surface area contributed by atoms with Crippen LogP contribution in [0, 0.1) is 0 Å². The topological polar surface area (TPSA) is 29.1 Å². The van der Waals surface area contributed by atoms with Gasteiger partial charge >= 0.3 is 0 Å². The van der Waals surface area contributed by atoms with E-state index in [4.69, 9.17) is 11.6 Å². The lowest BCUT2D eigenvalue weighted by atomic mass is 10.1. The lowest BCUT2D eigenvalue weighted by Gasteiger charge is -2.18. The third kappa shape index (κ3) is 3.25. The van der Waals surface area contributed by atoms with Crippen molar-refractivity contribution < 1.29 is 4.79 Å². The average molecular weight is 318 g/mol. The minimum atomic E-state index is -0.135. The van der Waals surface area contributed by atoms with E-state index in [2.05, 4.69) is 17.4 Å². The largest absolute Gasteiger partial charge is 0.347 e. The smallest absolute Gasteiger partial charge is 0.234 e. The zero-order valence-electron chi connectivity index (χ0n) is 11.5. The van der Waals surface area contributed by atoms with Crippen LogP contribution in [0.5, 0.6) is 0 Å². The lowest BCUT2D eigenvalue weighted by molar-refractivity contribution is -0.121. The zero-order chi connectivity index (χ0) is 14.7. The van der Waals surface area contributed by atoms with E-state index >= 15 is 0 Å². The van der Waals surface area contributed by atoms with Crippen LogP contribution in [-0.4, -0.2) is 17.0 Å². The third-order valence-corrected chi connectivity index (χ3v) is 5.24. The second-order valence-corrected chi connectivity index (χ2v) is 6.60. The minimum absolute atomic E-state index is 0.0585. The first-order valence-electron chi connectivity index (χ1n) is 6.94. The van der Waals surface area contributed by atoms with E-state index in [0.29, 0.717) is 5.88 Å². The molecule has 2 aromatic rings. The van der Waals surface area contributed by atoms with Crippen molar-refractivity contribution in [2.45, 2.75) is 22.6 Å². The molecule has 0 saturated carbocycles. The van der Waals surface area contributed by atoms with E-state index in [-0.39, 0.29) is 17.2 Å². The molecule has 0 spiro atoms. The molecule has 1 amide bonds. The van der Waals surface area contributed by atoms with Crippen LogP contribution in [-0.2, 0) is 11.2 Å². The summed E-state index contributed by atoms with van der Waals surface area (Å²) in [7, 11) is 0. The van der Waals surface area contributed by atoms with Crippen LogP contribution in [0.15, 0.2) is 59.5 Å². The van der Waals surface area contributed by atoms with Gasteiger partial charge < -0.3 is 5.32 Å². The molecule has 0 fully saturated rings. The van der Waals surface area contributed by atoms with E-state index < -0.39 is 0 Å². The van der Waals surface area contributed by atoms with Gasteiger partial charge in [-0.3, -0.25) is 4.79 Å². The molecule has 1 heterocycles. The molecule has 2 aromatic carbocycles. The van der Waals surface area contributed by atoms with Gasteiger partial charge in [0, 0.05) is 10.8 Å². The van der Waals surface area contributed by atoms with Crippen molar-refractivity contribution in [2.24, 2.45) is 0 Å². The molecule has 21 heavy (non-hydrogen) atoms. The highest BCUT2D eigenvalue weighted by molar-refractivity contribution is 8.01. The van der Waals surface area contributed by atoms with Crippen LogP contribution in [0.4, 0.5) is 0 Å². The van der Waals surface area contributed by atoms with Crippen molar-refractivity contribution >= 4 is 29.3 Å². The van der Waals surface area contributed by atoms with Crippen molar-refractivity contribution in [1.82, 2.24) is 5.32 Å². The molecule has 2 unspecified atom stereocenters. The van der Waals surface area contributed by atoms with E-state index in [0.717, 1.165) is 12.0 Å². The third-order valence-electron chi connectivity index (χ3n) is 3.61. The highest BCUT2D eigenvalue weighted by atomic mass is 35.5. The normalized spacial score (nSPS) is 18.0. The number of nitrogens with one attached hydrogen (secondary N) is 1. The minimum Gasteiger partial charge on any atom is -0.347 e. The van der Waals surface area contributed by atoms with Gasteiger partial charge in [-0.05, 0) is 23.6 Å². The fourth-order valence-electron chi connectivity index (χ4n) is 2.49. The summed E-state index contributed by atoms with van der Waals surface area (Å²) in [6.07, 6.45) is 0.788. The predicted octanol–water partition coefficient (Wildman–Crippen LogP) is 3.80. The number of thioether (sulfide) groups is 1. The molecule has 2 nitrogen and oxygen atoms in total. The first kappa shape index (κ1) is 14.5. The molecule has 108 valence electrons. The molecular formula is C17H16ClNOS. The molecule has 0 bridgehead atoms. The number of benzene rings is 2. The Kier molecular flexibility index (Phi) is 4.51. The van der Waals surface area contributed by atoms with Gasteiger partial charge in [0.15, 0.2) is 0 Å². The molecule has 0 aliphatic carbocycles. The molecule has 0 saturated heterocycles. The summed E-state index contributed by atoms with van der Waals surface area (Å²) in [5.74, 6) is 0.436. The molecule has 0 aromatic heterocycles. The van der Waals surface area contributed by atoms with Gasteiger partial charge in [0.25, 0.3) is 0 Å². The second-order valence-electron chi connectivity index (χ2n) is 5.04. The van der Waals surface area contributed by atoms with Crippen LogP contribution < -0.4 is 5.32 Å². The van der Waals surface area contributed by atoms with Crippen molar-refractivity contribution in [3.8, 4) is 0 Å². The Morgan fingerprint density at radius 2 is 1.90 bits per heavy atom. The van der Waals surface area contributed by atoms with Crippen LogP contribution in [0.2, 0.25) is 0 Å². The summed E-state index contributed by atoms with van der Waals surface area (Å²) in [5.41, 5.74) is 2.30. The Hall–Kier alpha value is -1.45. The van der Waals surface area contributed by atoms with Gasteiger partial charge in [0.2, 0.25) is 5.91 Å². The quantitative estimate of drug-likeness (QED) is 0.869. The molecule has 4 heteroatoms. The van der Waals surface area contributed by atoms with Crippen LogP contribution >= 0.6 is 23.4 Å². The maximum absolute atomic E-state index is 12.5. The number of hydrogen-bond donors (Lipinski definition) is 1. The van der Waals surface area contributed by atoms with Gasteiger partial charge in [-0.1, -0.05) is 48.5 Å². The first-order chi connectivity index (χ1) is 10.3. The van der Waals surface area contributed by atoms with E-state index in [1.165, 1.54) is 10.5 Å². The zero-order valence-corrected chi connectivity index (χ0v) is 13.0. The fraction of sp³-hybridized carbons (Fsp3) is 0.235. The standard InChI is InChI=1S/C17H16ClNOS/c18-11-14(12-6-2-1-3-7-12)19-17(20)16-10-13-8-4-5-9-15(13)21-16/h1-9,14,16H,10-11H2,(H,19,20). The summed E-state index contributed by atoms with van der Waals surface area (Å²) in [6, 6.07) is 17.9. The van der Waals surface area contributed by atoms with Gasteiger partial charge in [0.1, 0.15) is 0 Å². The summed E-state index contributed by atoms with van der Waals surface area (Å²) >= 11 is 7.66. The lowest BCUT2D eigenvalue weighted by Crippen LogP contribution is -2.36. The Labute approximate surface area is 133 Å². The second kappa shape index (κ2) is 6.54. The molecular weight excluding hydrogens is 302 g/mol. The molecule has 1 aliphatic heterocycles. The highest BCUT2D eigenvalue weighted by Gasteiger charge is 2.29. The highest BCUT2D eigenvalue weighted by Crippen LogP contribution is 2.37. The predicted molar refractivity (Wildman–Crippen MR) is 87.8 cm³/mol. The Morgan fingerprint density at radius 3 is 2.62 bits per heavy atom. The number of fused-ring (bicyclic) bond motifs is 1. The summed E-state index contributed by atoms with van der Waals surface area (Å²) < 4.78 is 0. The fourth-order valence-corrected chi connectivity index (χ4v) is 3.95. The van der Waals surface area contributed by atoms with E-state index in [9.17, 15) is 4.79 Å². The number of carbonyl (C=O) groups is 1.